The van der Waals surface area contributed by atoms with E-state index < -0.39 is 0 Å². The lowest BCUT2D eigenvalue weighted by Crippen LogP contribution is -2.36. The molecule has 0 aliphatic heterocycles. The van der Waals surface area contributed by atoms with E-state index in [2.05, 4.69) is 35.2 Å². The normalized spacial score (nSPS) is 13.2. The van der Waals surface area contributed by atoms with Crippen molar-refractivity contribution in [3.05, 3.63) is 18.2 Å². The Morgan fingerprint density at radius 2 is 1.94 bits per heavy atom. The van der Waals surface area contributed by atoms with Crippen LogP contribution >= 0.6 is 0 Å². The molecular weight excluding hydrogens is 212 g/mol. The number of hydrogen-bond acceptors (Lipinski definition) is 3. The van der Waals surface area contributed by atoms with Crippen molar-refractivity contribution >= 4 is 0 Å². The number of nitrogens with two attached hydrogens (primary N) is 1. The lowest BCUT2D eigenvalue weighted by molar-refractivity contribution is 0.195. The molecule has 0 amide bonds. The van der Waals surface area contributed by atoms with Gasteiger partial charge in [-0.25, -0.2) is 4.98 Å². The van der Waals surface area contributed by atoms with E-state index in [1.54, 1.807) is 0 Å². The van der Waals surface area contributed by atoms with Crippen molar-refractivity contribution in [1.82, 2.24) is 14.5 Å². The molecule has 1 rings (SSSR count). The minimum atomic E-state index is 0.303. The summed E-state index contributed by atoms with van der Waals surface area (Å²) in [5, 5.41) is 0. The maximum absolute atomic E-state index is 5.97. The molecular formula is C13H26N4. The molecule has 0 bridgehead atoms. The first-order valence-electron chi connectivity index (χ1n) is 6.72. The molecule has 4 nitrogen and oxygen atoms in total. The highest BCUT2D eigenvalue weighted by Gasteiger charge is 2.20. The fourth-order valence-corrected chi connectivity index (χ4v) is 2.33. The smallest absolute Gasteiger partial charge is 0.0948 e. The van der Waals surface area contributed by atoms with Gasteiger partial charge in [-0.1, -0.05) is 13.8 Å². The van der Waals surface area contributed by atoms with Gasteiger partial charge in [0.1, 0.15) is 0 Å². The number of aryl methyl sites for hydroxylation is 1. The molecule has 0 spiro atoms. The number of nitrogens with zero attached hydrogens (tertiary/aromatic N) is 3. The zero-order chi connectivity index (χ0) is 12.7. The Morgan fingerprint density at radius 3 is 2.41 bits per heavy atom. The van der Waals surface area contributed by atoms with Gasteiger partial charge in [0, 0.05) is 19.3 Å². The summed E-state index contributed by atoms with van der Waals surface area (Å²) in [4.78, 5) is 6.72. The van der Waals surface area contributed by atoms with E-state index in [1.807, 2.05) is 12.5 Å². The van der Waals surface area contributed by atoms with Crippen LogP contribution in [0.5, 0.6) is 0 Å². The molecule has 0 aromatic carbocycles. The summed E-state index contributed by atoms with van der Waals surface area (Å²) < 4.78 is 2.19. The van der Waals surface area contributed by atoms with Crippen molar-refractivity contribution < 1.29 is 0 Å². The summed E-state index contributed by atoms with van der Waals surface area (Å²) in [5.74, 6) is 0. The van der Waals surface area contributed by atoms with Gasteiger partial charge in [0.05, 0.1) is 18.1 Å². The first-order chi connectivity index (χ1) is 8.28. The van der Waals surface area contributed by atoms with Crippen molar-refractivity contribution in [3.63, 3.8) is 0 Å². The highest BCUT2D eigenvalue weighted by atomic mass is 15.2. The third kappa shape index (κ3) is 3.54. The SMILES string of the molecule is CCCN(CCC)C(CN)c1cncn1CC. The van der Waals surface area contributed by atoms with Gasteiger partial charge < -0.3 is 10.3 Å². The van der Waals surface area contributed by atoms with Crippen LogP contribution in [0.3, 0.4) is 0 Å². The fraction of sp³-hybridized carbons (Fsp3) is 0.769. The molecule has 1 aromatic rings. The summed E-state index contributed by atoms with van der Waals surface area (Å²) in [6.45, 7) is 10.4. The first kappa shape index (κ1) is 14.2. The quantitative estimate of drug-likeness (QED) is 0.754. The van der Waals surface area contributed by atoms with Crippen LogP contribution in [-0.2, 0) is 6.54 Å². The molecule has 0 radical (unpaired) electrons. The van der Waals surface area contributed by atoms with Crippen LogP contribution in [0, 0.1) is 0 Å². The topological polar surface area (TPSA) is 47.1 Å². The second-order valence-corrected chi connectivity index (χ2v) is 4.39. The molecule has 0 saturated heterocycles. The van der Waals surface area contributed by atoms with Crippen LogP contribution in [-0.4, -0.2) is 34.1 Å². The zero-order valence-electron chi connectivity index (χ0n) is 11.4. The predicted molar refractivity (Wildman–Crippen MR) is 71.9 cm³/mol. The molecule has 1 unspecified atom stereocenters. The molecule has 4 heteroatoms. The van der Waals surface area contributed by atoms with Crippen molar-refractivity contribution in [2.24, 2.45) is 5.73 Å². The molecule has 1 heterocycles. The third-order valence-corrected chi connectivity index (χ3v) is 3.11. The van der Waals surface area contributed by atoms with Gasteiger partial charge >= 0.3 is 0 Å². The second kappa shape index (κ2) is 7.45. The lowest BCUT2D eigenvalue weighted by Gasteiger charge is -2.30. The number of rotatable bonds is 8. The van der Waals surface area contributed by atoms with Crippen molar-refractivity contribution in [3.8, 4) is 0 Å². The number of aromatic nitrogens is 2. The summed E-state index contributed by atoms with van der Waals surface area (Å²) in [7, 11) is 0. The monoisotopic (exact) mass is 238 g/mol. The maximum atomic E-state index is 5.97. The number of hydrogen-bond donors (Lipinski definition) is 1. The van der Waals surface area contributed by atoms with Crippen LogP contribution in [0.15, 0.2) is 12.5 Å². The van der Waals surface area contributed by atoms with Crippen molar-refractivity contribution in [1.29, 1.82) is 0 Å². The van der Waals surface area contributed by atoms with Gasteiger partial charge in [0.25, 0.3) is 0 Å². The molecule has 0 fully saturated rings. The second-order valence-electron chi connectivity index (χ2n) is 4.39. The Hall–Kier alpha value is -0.870. The average Bonchev–Trinajstić information content (AvgIpc) is 2.79. The minimum Gasteiger partial charge on any atom is -0.333 e. The van der Waals surface area contributed by atoms with Crippen LogP contribution in [0.25, 0.3) is 0 Å². The van der Waals surface area contributed by atoms with Gasteiger partial charge in [-0.3, -0.25) is 4.90 Å². The molecule has 0 aliphatic rings. The molecule has 0 aliphatic carbocycles. The van der Waals surface area contributed by atoms with Gasteiger partial charge in [-0.15, -0.1) is 0 Å². The maximum Gasteiger partial charge on any atom is 0.0948 e. The lowest BCUT2D eigenvalue weighted by atomic mass is 10.1. The van der Waals surface area contributed by atoms with Crippen LogP contribution < -0.4 is 5.73 Å². The van der Waals surface area contributed by atoms with Gasteiger partial charge in [0.15, 0.2) is 0 Å². The van der Waals surface area contributed by atoms with Gasteiger partial charge in [-0.05, 0) is 32.9 Å². The van der Waals surface area contributed by atoms with E-state index in [-0.39, 0.29) is 0 Å². The van der Waals surface area contributed by atoms with E-state index in [9.17, 15) is 0 Å². The molecule has 17 heavy (non-hydrogen) atoms. The van der Waals surface area contributed by atoms with Gasteiger partial charge in [-0.2, -0.15) is 0 Å². The highest BCUT2D eigenvalue weighted by Crippen LogP contribution is 2.20. The minimum absolute atomic E-state index is 0.303. The summed E-state index contributed by atoms with van der Waals surface area (Å²) in [5.41, 5.74) is 7.21. The summed E-state index contributed by atoms with van der Waals surface area (Å²) >= 11 is 0. The van der Waals surface area contributed by atoms with E-state index in [1.165, 1.54) is 5.69 Å². The number of imidazole rings is 1. The van der Waals surface area contributed by atoms with Crippen LogP contribution in [0.2, 0.25) is 0 Å². The summed E-state index contributed by atoms with van der Waals surface area (Å²) in [6, 6.07) is 0.303. The van der Waals surface area contributed by atoms with Crippen LogP contribution in [0.1, 0.15) is 45.3 Å². The average molecular weight is 238 g/mol. The Morgan fingerprint density at radius 1 is 1.29 bits per heavy atom. The zero-order valence-corrected chi connectivity index (χ0v) is 11.4. The Labute approximate surface area is 105 Å². The molecule has 1 atom stereocenters. The third-order valence-electron chi connectivity index (χ3n) is 3.11. The Bertz CT molecular complexity index is 302. The molecule has 2 N–H and O–H groups in total. The standard InChI is InChI=1S/C13H26N4/c1-4-7-17(8-5-2)12(9-14)13-10-15-11-16(13)6-3/h10-12H,4-9,14H2,1-3H3. The Balaban J connectivity index is 2.87. The van der Waals surface area contributed by atoms with Crippen molar-refractivity contribution in [2.75, 3.05) is 19.6 Å². The van der Waals surface area contributed by atoms with E-state index in [4.69, 9.17) is 5.73 Å². The largest absolute Gasteiger partial charge is 0.333 e. The van der Waals surface area contributed by atoms with E-state index in [0.29, 0.717) is 12.6 Å². The van der Waals surface area contributed by atoms with Crippen molar-refractivity contribution in [2.45, 2.75) is 46.2 Å². The summed E-state index contributed by atoms with van der Waals surface area (Å²) in [6.07, 6.45) is 6.18. The predicted octanol–water partition coefficient (Wildman–Crippen LogP) is 2.02. The van der Waals surface area contributed by atoms with E-state index >= 15 is 0 Å². The molecule has 1 aromatic heterocycles. The van der Waals surface area contributed by atoms with E-state index in [0.717, 1.165) is 32.5 Å². The first-order valence-corrected chi connectivity index (χ1v) is 6.72. The fourth-order valence-electron chi connectivity index (χ4n) is 2.33. The van der Waals surface area contributed by atoms with Gasteiger partial charge in [0.2, 0.25) is 0 Å². The molecule has 98 valence electrons. The van der Waals surface area contributed by atoms with Crippen LogP contribution in [0.4, 0.5) is 0 Å². The molecule has 0 saturated carbocycles. The Kier molecular flexibility index (Phi) is 6.22. The highest BCUT2D eigenvalue weighted by molar-refractivity contribution is 5.06.